The second kappa shape index (κ2) is 8.32. The van der Waals surface area contributed by atoms with Gasteiger partial charge >= 0.3 is 0 Å². The summed E-state index contributed by atoms with van der Waals surface area (Å²) in [7, 11) is 1.58. The van der Waals surface area contributed by atoms with Crippen LogP contribution in [0.5, 0.6) is 11.5 Å². The first-order valence-corrected chi connectivity index (χ1v) is 8.96. The zero-order valence-electron chi connectivity index (χ0n) is 14.6. The number of ether oxygens (including phenoxy) is 2. The van der Waals surface area contributed by atoms with Crippen LogP contribution in [0.1, 0.15) is 16.1 Å². The normalized spacial score (nSPS) is 10.7. The van der Waals surface area contributed by atoms with Crippen molar-refractivity contribution < 1.29 is 9.47 Å². The van der Waals surface area contributed by atoms with Gasteiger partial charge in [-0.2, -0.15) is 5.26 Å². The van der Waals surface area contributed by atoms with Gasteiger partial charge in [0.15, 0.2) is 18.1 Å². The minimum atomic E-state index is -0.00749. The average Bonchev–Trinajstić information content (AvgIpc) is 3.14. The molecule has 0 aliphatic heterocycles. The third-order valence-corrected chi connectivity index (χ3v) is 4.58. The number of nitriles is 1. The maximum atomic E-state index is 8.62. The molecule has 4 nitrogen and oxygen atoms in total. The predicted octanol–water partition coefficient (Wildman–Crippen LogP) is 5.20. The summed E-state index contributed by atoms with van der Waals surface area (Å²) >= 11 is 1.60. The van der Waals surface area contributed by atoms with E-state index in [9.17, 15) is 0 Å². The highest BCUT2D eigenvalue weighted by molar-refractivity contribution is 7.10. The van der Waals surface area contributed by atoms with Gasteiger partial charge in [0.05, 0.1) is 12.8 Å². The molecule has 130 valence electrons. The lowest BCUT2D eigenvalue weighted by Gasteiger charge is -2.08. The summed E-state index contributed by atoms with van der Waals surface area (Å²) in [5, 5.41) is 11.6. The fraction of sp³-hybridized carbons (Fsp3) is 0.143. The Bertz CT molecular complexity index is 953. The van der Waals surface area contributed by atoms with Crippen LogP contribution in [0, 0.1) is 18.3 Å². The summed E-state index contributed by atoms with van der Waals surface area (Å²) in [4.78, 5) is 4.67. The van der Waals surface area contributed by atoms with Gasteiger partial charge in [0.1, 0.15) is 11.1 Å². The first-order valence-electron chi connectivity index (χ1n) is 8.08. The summed E-state index contributed by atoms with van der Waals surface area (Å²) in [5.74, 6) is 1.16. The van der Waals surface area contributed by atoms with E-state index in [1.54, 1.807) is 24.5 Å². The van der Waals surface area contributed by atoms with Crippen LogP contribution in [0.15, 0.2) is 47.8 Å². The van der Waals surface area contributed by atoms with Crippen molar-refractivity contribution in [3.63, 3.8) is 0 Å². The Kier molecular flexibility index (Phi) is 5.67. The molecular formula is C21H18N2O2S. The Labute approximate surface area is 157 Å². The molecule has 0 spiro atoms. The number of nitrogens with zero attached hydrogens (tertiary/aromatic N) is 2. The zero-order valence-corrected chi connectivity index (χ0v) is 15.4. The molecule has 0 fully saturated rings. The van der Waals surface area contributed by atoms with Gasteiger partial charge in [-0.15, -0.1) is 11.3 Å². The minimum Gasteiger partial charge on any atom is -0.493 e. The van der Waals surface area contributed by atoms with Crippen molar-refractivity contribution in [1.82, 2.24) is 4.98 Å². The predicted molar refractivity (Wildman–Crippen MR) is 105 cm³/mol. The fourth-order valence-electron chi connectivity index (χ4n) is 2.41. The van der Waals surface area contributed by atoms with Crippen LogP contribution in [-0.2, 0) is 0 Å². The number of hydrogen-bond donors (Lipinski definition) is 0. The molecule has 2 aromatic carbocycles. The maximum absolute atomic E-state index is 8.62. The summed E-state index contributed by atoms with van der Waals surface area (Å²) < 4.78 is 10.7. The van der Waals surface area contributed by atoms with Crippen LogP contribution >= 0.6 is 11.3 Å². The number of aryl methyl sites for hydroxylation is 1. The minimum absolute atomic E-state index is 0.00749. The third-order valence-electron chi connectivity index (χ3n) is 3.77. The summed E-state index contributed by atoms with van der Waals surface area (Å²) in [6.07, 6.45) is 3.96. The molecule has 3 rings (SSSR count). The Hall–Kier alpha value is -3.10. The van der Waals surface area contributed by atoms with E-state index in [0.717, 1.165) is 21.8 Å². The van der Waals surface area contributed by atoms with E-state index >= 15 is 0 Å². The van der Waals surface area contributed by atoms with Gasteiger partial charge in [0, 0.05) is 10.9 Å². The molecule has 0 unspecified atom stereocenters. The van der Waals surface area contributed by atoms with E-state index < -0.39 is 0 Å². The third kappa shape index (κ3) is 4.29. The molecule has 26 heavy (non-hydrogen) atoms. The first-order chi connectivity index (χ1) is 12.7. The second-order valence-corrected chi connectivity index (χ2v) is 6.52. The number of thiazole rings is 1. The van der Waals surface area contributed by atoms with Crippen molar-refractivity contribution in [2.75, 3.05) is 13.7 Å². The van der Waals surface area contributed by atoms with E-state index in [2.05, 4.69) is 41.6 Å². The Morgan fingerprint density at radius 2 is 1.92 bits per heavy atom. The molecule has 0 atom stereocenters. The lowest BCUT2D eigenvalue weighted by molar-refractivity contribution is 0.329. The molecule has 0 N–H and O–H groups in total. The van der Waals surface area contributed by atoms with Gasteiger partial charge in [-0.3, -0.25) is 0 Å². The van der Waals surface area contributed by atoms with Gasteiger partial charge in [-0.25, -0.2) is 4.98 Å². The van der Waals surface area contributed by atoms with E-state index in [4.69, 9.17) is 14.7 Å². The molecule has 0 saturated heterocycles. The highest BCUT2D eigenvalue weighted by atomic mass is 32.1. The average molecular weight is 362 g/mol. The standard InChI is InChI=1S/C21H18N2O2S/c1-15-3-7-17(8-4-15)18-14-26-21(23-18)10-6-16-5-9-19(25-12-11-22)20(13-16)24-2/h3-10,13-14H,12H2,1-2H3/b10-6+. The van der Waals surface area contributed by atoms with Gasteiger partial charge in [0.2, 0.25) is 0 Å². The summed E-state index contributed by atoms with van der Waals surface area (Å²) in [6, 6.07) is 15.9. The number of methoxy groups -OCH3 is 1. The molecular weight excluding hydrogens is 344 g/mol. The van der Waals surface area contributed by atoms with Crippen LogP contribution in [0.3, 0.4) is 0 Å². The number of hydrogen-bond acceptors (Lipinski definition) is 5. The highest BCUT2D eigenvalue weighted by Crippen LogP contribution is 2.29. The molecule has 0 aliphatic carbocycles. The van der Waals surface area contributed by atoms with E-state index in [1.807, 2.05) is 30.4 Å². The first kappa shape index (κ1) is 17.7. The van der Waals surface area contributed by atoms with Crippen molar-refractivity contribution in [2.24, 2.45) is 0 Å². The van der Waals surface area contributed by atoms with Crippen LogP contribution in [0.2, 0.25) is 0 Å². The van der Waals surface area contributed by atoms with Gasteiger partial charge in [-0.1, -0.05) is 42.0 Å². The molecule has 1 heterocycles. The van der Waals surface area contributed by atoms with Crippen molar-refractivity contribution >= 4 is 23.5 Å². The molecule has 0 bridgehead atoms. The van der Waals surface area contributed by atoms with Crippen LogP contribution in [0.4, 0.5) is 0 Å². The Morgan fingerprint density at radius 3 is 2.65 bits per heavy atom. The molecule has 0 radical (unpaired) electrons. The monoisotopic (exact) mass is 362 g/mol. The Balaban J connectivity index is 1.76. The quantitative estimate of drug-likeness (QED) is 0.605. The lowest BCUT2D eigenvalue weighted by atomic mass is 10.1. The fourth-order valence-corrected chi connectivity index (χ4v) is 3.12. The summed E-state index contributed by atoms with van der Waals surface area (Å²) in [6.45, 7) is 2.07. The smallest absolute Gasteiger partial charge is 0.174 e. The summed E-state index contributed by atoms with van der Waals surface area (Å²) in [5.41, 5.74) is 4.30. The molecule has 5 heteroatoms. The number of benzene rings is 2. The largest absolute Gasteiger partial charge is 0.493 e. The molecule has 0 aliphatic rings. The molecule has 1 aromatic heterocycles. The van der Waals surface area contributed by atoms with E-state index in [1.165, 1.54) is 5.56 Å². The second-order valence-electron chi connectivity index (χ2n) is 5.63. The topological polar surface area (TPSA) is 55.1 Å². The van der Waals surface area contributed by atoms with Gasteiger partial charge in [0.25, 0.3) is 0 Å². The van der Waals surface area contributed by atoms with Crippen molar-refractivity contribution in [1.29, 1.82) is 5.26 Å². The molecule has 3 aromatic rings. The lowest BCUT2D eigenvalue weighted by Crippen LogP contribution is -1.96. The Morgan fingerprint density at radius 1 is 1.12 bits per heavy atom. The van der Waals surface area contributed by atoms with Gasteiger partial charge < -0.3 is 9.47 Å². The van der Waals surface area contributed by atoms with Crippen LogP contribution in [-0.4, -0.2) is 18.7 Å². The van der Waals surface area contributed by atoms with Crippen molar-refractivity contribution in [2.45, 2.75) is 6.92 Å². The maximum Gasteiger partial charge on any atom is 0.174 e. The van der Waals surface area contributed by atoms with E-state index in [0.29, 0.717) is 11.5 Å². The van der Waals surface area contributed by atoms with Crippen molar-refractivity contribution in [3.05, 3.63) is 64.0 Å². The van der Waals surface area contributed by atoms with E-state index in [-0.39, 0.29) is 6.61 Å². The number of rotatable bonds is 6. The van der Waals surface area contributed by atoms with Gasteiger partial charge in [-0.05, 0) is 30.7 Å². The van der Waals surface area contributed by atoms with Crippen LogP contribution < -0.4 is 9.47 Å². The molecule has 0 amide bonds. The molecule has 0 saturated carbocycles. The highest BCUT2D eigenvalue weighted by Gasteiger charge is 2.05. The number of aromatic nitrogens is 1. The van der Waals surface area contributed by atoms with Crippen molar-refractivity contribution in [3.8, 4) is 28.8 Å². The van der Waals surface area contributed by atoms with Crippen LogP contribution in [0.25, 0.3) is 23.4 Å². The zero-order chi connectivity index (χ0) is 18.4. The SMILES string of the molecule is COc1cc(/C=C/c2nc(-c3ccc(C)cc3)cs2)ccc1OCC#N.